The maximum Gasteiger partial charge on any atom is 0.245 e. The number of nitrogens with one attached hydrogen (secondary N) is 2. The molecular weight excluding hydrogens is 292 g/mol. The minimum Gasteiger partial charge on any atom is -0.389 e. The highest BCUT2D eigenvalue weighted by Gasteiger charge is 2.42. The summed E-state index contributed by atoms with van der Waals surface area (Å²) in [6.45, 7) is 2.75. The van der Waals surface area contributed by atoms with Gasteiger partial charge in [-0.2, -0.15) is 0 Å². The van der Waals surface area contributed by atoms with Gasteiger partial charge in [-0.05, 0) is 32.1 Å². The van der Waals surface area contributed by atoms with E-state index in [4.69, 9.17) is 0 Å². The Hall–Kier alpha value is -1.10. The molecule has 0 spiro atoms. The summed E-state index contributed by atoms with van der Waals surface area (Å²) in [5.74, 6) is -0.223. The van der Waals surface area contributed by atoms with Crippen LogP contribution in [0.25, 0.3) is 0 Å². The Kier molecular flexibility index (Phi) is 6.45. The van der Waals surface area contributed by atoms with Crippen LogP contribution in [0.2, 0.25) is 0 Å². The number of carbonyl (C=O) groups excluding carboxylic acids is 2. The van der Waals surface area contributed by atoms with Crippen LogP contribution in [0, 0.1) is 0 Å². The number of aliphatic hydroxyl groups is 1. The average molecular weight is 324 g/mol. The molecule has 0 aromatic heterocycles. The number of hydrogen-bond donors (Lipinski definition) is 3. The summed E-state index contributed by atoms with van der Waals surface area (Å²) in [5, 5.41) is 16.4. The summed E-state index contributed by atoms with van der Waals surface area (Å²) in [5.41, 5.74) is -1.63. The fraction of sp³-hybridized carbons (Fsp3) is 0.889. The Morgan fingerprint density at radius 2 is 1.61 bits per heavy atom. The fourth-order valence-electron chi connectivity index (χ4n) is 3.93. The second-order valence-electron chi connectivity index (χ2n) is 7.41. The molecule has 2 fully saturated rings. The zero-order valence-electron chi connectivity index (χ0n) is 14.5. The summed E-state index contributed by atoms with van der Waals surface area (Å²) in [7, 11) is 0. The SMILES string of the molecule is CCCCNC(=O)C1(NC(=O)CC2(O)CCCC2)CCCCC1. The van der Waals surface area contributed by atoms with Crippen LogP contribution in [0.3, 0.4) is 0 Å². The quantitative estimate of drug-likeness (QED) is 0.629. The van der Waals surface area contributed by atoms with Crippen LogP contribution in [0.1, 0.15) is 84.0 Å². The molecule has 0 heterocycles. The molecule has 132 valence electrons. The Balaban J connectivity index is 1.96. The molecule has 0 atom stereocenters. The first kappa shape index (κ1) is 18.2. The summed E-state index contributed by atoms with van der Waals surface area (Å²) < 4.78 is 0. The van der Waals surface area contributed by atoms with Crippen LogP contribution in [0.5, 0.6) is 0 Å². The van der Waals surface area contributed by atoms with E-state index in [-0.39, 0.29) is 18.2 Å². The topological polar surface area (TPSA) is 78.4 Å². The van der Waals surface area contributed by atoms with E-state index >= 15 is 0 Å². The van der Waals surface area contributed by atoms with Crippen LogP contribution >= 0.6 is 0 Å². The van der Waals surface area contributed by atoms with Crippen LogP contribution in [-0.4, -0.2) is 34.6 Å². The normalized spacial score (nSPS) is 22.5. The first-order valence-electron chi connectivity index (χ1n) is 9.31. The molecule has 2 saturated carbocycles. The van der Waals surface area contributed by atoms with Crippen molar-refractivity contribution in [1.29, 1.82) is 0 Å². The summed E-state index contributed by atoms with van der Waals surface area (Å²) in [6.07, 6.45) is 9.90. The van der Waals surface area contributed by atoms with Crippen molar-refractivity contribution >= 4 is 11.8 Å². The van der Waals surface area contributed by atoms with Crippen LogP contribution in [0.15, 0.2) is 0 Å². The number of hydrogen-bond acceptors (Lipinski definition) is 3. The number of unbranched alkanes of at least 4 members (excludes halogenated alkanes) is 1. The third kappa shape index (κ3) is 4.93. The lowest BCUT2D eigenvalue weighted by Gasteiger charge is -2.37. The van der Waals surface area contributed by atoms with E-state index < -0.39 is 11.1 Å². The lowest BCUT2D eigenvalue weighted by molar-refractivity contribution is -0.137. The van der Waals surface area contributed by atoms with E-state index in [1.165, 1.54) is 0 Å². The molecule has 0 bridgehead atoms. The lowest BCUT2D eigenvalue weighted by Crippen LogP contribution is -2.60. The van der Waals surface area contributed by atoms with Crippen molar-refractivity contribution < 1.29 is 14.7 Å². The Labute approximate surface area is 139 Å². The first-order chi connectivity index (χ1) is 11.0. The highest BCUT2D eigenvalue weighted by atomic mass is 16.3. The van der Waals surface area contributed by atoms with Crippen molar-refractivity contribution in [3.63, 3.8) is 0 Å². The number of carbonyl (C=O) groups is 2. The van der Waals surface area contributed by atoms with Gasteiger partial charge >= 0.3 is 0 Å². The van der Waals surface area contributed by atoms with Gasteiger partial charge in [-0.25, -0.2) is 0 Å². The van der Waals surface area contributed by atoms with E-state index in [2.05, 4.69) is 17.6 Å². The minimum absolute atomic E-state index is 0.0441. The van der Waals surface area contributed by atoms with Crippen molar-refractivity contribution in [2.75, 3.05) is 6.54 Å². The van der Waals surface area contributed by atoms with Gasteiger partial charge in [0.1, 0.15) is 5.54 Å². The summed E-state index contributed by atoms with van der Waals surface area (Å²) >= 11 is 0. The van der Waals surface area contributed by atoms with Gasteiger partial charge < -0.3 is 15.7 Å². The molecule has 0 radical (unpaired) electrons. The third-order valence-corrected chi connectivity index (χ3v) is 5.36. The zero-order chi connectivity index (χ0) is 16.8. The standard InChI is InChI=1S/C18H32N2O3/c1-2-3-13-19-16(22)18(11-5-4-6-12-18)20-15(21)14-17(23)9-7-8-10-17/h23H,2-14H2,1H3,(H,19,22)(H,20,21). The monoisotopic (exact) mass is 324 g/mol. The third-order valence-electron chi connectivity index (χ3n) is 5.36. The predicted octanol–water partition coefficient (Wildman–Crippen LogP) is 2.42. The lowest BCUT2D eigenvalue weighted by atomic mass is 9.80. The van der Waals surface area contributed by atoms with Crippen molar-refractivity contribution in [2.24, 2.45) is 0 Å². The molecule has 0 aromatic carbocycles. The second kappa shape index (κ2) is 8.13. The van der Waals surface area contributed by atoms with Gasteiger partial charge in [-0.15, -0.1) is 0 Å². The summed E-state index contributed by atoms with van der Waals surface area (Å²) in [6, 6.07) is 0. The number of amides is 2. The summed E-state index contributed by atoms with van der Waals surface area (Å²) in [4.78, 5) is 25.1. The molecule has 0 aromatic rings. The van der Waals surface area contributed by atoms with E-state index in [0.29, 0.717) is 32.2 Å². The van der Waals surface area contributed by atoms with Crippen molar-refractivity contribution in [2.45, 2.75) is 95.1 Å². The van der Waals surface area contributed by atoms with Crippen molar-refractivity contribution in [1.82, 2.24) is 10.6 Å². The smallest absolute Gasteiger partial charge is 0.245 e. The van der Waals surface area contributed by atoms with Gasteiger partial charge in [0.15, 0.2) is 0 Å². The van der Waals surface area contributed by atoms with Gasteiger partial charge in [-0.3, -0.25) is 9.59 Å². The average Bonchev–Trinajstić information content (AvgIpc) is 2.94. The maximum atomic E-state index is 12.7. The molecule has 2 rings (SSSR count). The van der Waals surface area contributed by atoms with Crippen LogP contribution < -0.4 is 10.6 Å². The molecule has 2 amide bonds. The van der Waals surface area contributed by atoms with Crippen LogP contribution in [0.4, 0.5) is 0 Å². The molecule has 0 saturated heterocycles. The molecule has 5 heteroatoms. The molecule has 2 aliphatic carbocycles. The van der Waals surface area contributed by atoms with Gasteiger partial charge in [0.05, 0.1) is 12.0 Å². The fourth-order valence-corrected chi connectivity index (χ4v) is 3.93. The molecule has 0 aliphatic heterocycles. The van der Waals surface area contributed by atoms with Gasteiger partial charge in [0, 0.05) is 6.54 Å². The van der Waals surface area contributed by atoms with E-state index in [9.17, 15) is 14.7 Å². The Morgan fingerprint density at radius 1 is 1.00 bits per heavy atom. The second-order valence-corrected chi connectivity index (χ2v) is 7.41. The van der Waals surface area contributed by atoms with Crippen LogP contribution in [-0.2, 0) is 9.59 Å². The minimum atomic E-state index is -0.862. The van der Waals surface area contributed by atoms with E-state index in [1.54, 1.807) is 0 Å². The molecule has 23 heavy (non-hydrogen) atoms. The number of rotatable bonds is 7. The maximum absolute atomic E-state index is 12.7. The van der Waals surface area contributed by atoms with Gasteiger partial charge in [0.25, 0.3) is 0 Å². The zero-order valence-corrected chi connectivity index (χ0v) is 14.5. The largest absolute Gasteiger partial charge is 0.389 e. The predicted molar refractivity (Wildman–Crippen MR) is 89.9 cm³/mol. The molecule has 5 nitrogen and oxygen atoms in total. The highest BCUT2D eigenvalue weighted by Crippen LogP contribution is 2.33. The van der Waals surface area contributed by atoms with Gasteiger partial charge in [-0.1, -0.05) is 45.4 Å². The molecule has 3 N–H and O–H groups in total. The van der Waals surface area contributed by atoms with E-state index in [1.807, 2.05) is 0 Å². The van der Waals surface area contributed by atoms with E-state index in [0.717, 1.165) is 44.9 Å². The Bertz CT molecular complexity index is 410. The van der Waals surface area contributed by atoms with Crippen molar-refractivity contribution in [3.8, 4) is 0 Å². The molecule has 2 aliphatic rings. The van der Waals surface area contributed by atoms with Crippen molar-refractivity contribution in [3.05, 3.63) is 0 Å². The Morgan fingerprint density at radius 3 is 2.22 bits per heavy atom. The molecular formula is C18H32N2O3. The molecule has 0 unspecified atom stereocenters. The van der Waals surface area contributed by atoms with Gasteiger partial charge in [0.2, 0.25) is 11.8 Å². The highest BCUT2D eigenvalue weighted by molar-refractivity contribution is 5.91. The first-order valence-corrected chi connectivity index (χ1v) is 9.31.